The number of nitrogens with one attached hydrogen (secondary N) is 1. The van der Waals surface area contributed by atoms with E-state index >= 15 is 0 Å². The number of benzene rings is 1. The Balaban J connectivity index is 2.07. The molecular formula is C16H22N2O3. The maximum atomic E-state index is 12.4. The molecule has 2 atom stereocenters. The second kappa shape index (κ2) is 6.26. The van der Waals surface area contributed by atoms with Gasteiger partial charge in [-0.3, -0.25) is 9.59 Å². The molecule has 114 valence electrons. The Bertz CT molecular complexity index is 554. The molecule has 5 nitrogen and oxygen atoms in total. The number of aryl methyl sites for hydroxylation is 2. The van der Waals surface area contributed by atoms with Crippen molar-refractivity contribution in [3.05, 3.63) is 29.3 Å². The Kier molecular flexibility index (Phi) is 4.63. The van der Waals surface area contributed by atoms with Gasteiger partial charge in [0.15, 0.2) is 0 Å². The van der Waals surface area contributed by atoms with Gasteiger partial charge in [-0.05, 0) is 50.5 Å². The van der Waals surface area contributed by atoms with Crippen LogP contribution in [-0.2, 0) is 9.59 Å². The number of aliphatic hydroxyl groups excluding tert-OH is 1. The maximum Gasteiger partial charge on any atom is 0.239 e. The molecule has 0 saturated carbocycles. The van der Waals surface area contributed by atoms with Crippen LogP contribution in [0, 0.1) is 19.8 Å². The first-order chi connectivity index (χ1) is 9.90. The van der Waals surface area contributed by atoms with E-state index in [-0.39, 0.29) is 18.4 Å². The number of aliphatic hydroxyl groups is 1. The SMILES string of the molecule is Cc1ccc(N2CCC(C(=O)NCC(C)O)C2=O)cc1C. The Morgan fingerprint density at radius 3 is 2.76 bits per heavy atom. The Hall–Kier alpha value is -1.88. The second-order valence-corrected chi connectivity index (χ2v) is 5.69. The van der Waals surface area contributed by atoms with Crippen molar-refractivity contribution in [1.82, 2.24) is 5.32 Å². The molecule has 2 N–H and O–H groups in total. The van der Waals surface area contributed by atoms with Gasteiger partial charge >= 0.3 is 0 Å². The molecule has 0 aromatic heterocycles. The smallest absolute Gasteiger partial charge is 0.239 e. The van der Waals surface area contributed by atoms with Crippen LogP contribution in [0.1, 0.15) is 24.5 Å². The van der Waals surface area contributed by atoms with E-state index in [0.29, 0.717) is 13.0 Å². The molecule has 1 fully saturated rings. The van der Waals surface area contributed by atoms with Crippen molar-refractivity contribution < 1.29 is 14.7 Å². The molecular weight excluding hydrogens is 268 g/mol. The summed E-state index contributed by atoms with van der Waals surface area (Å²) in [7, 11) is 0. The molecule has 1 aliphatic heterocycles. The molecule has 5 heteroatoms. The summed E-state index contributed by atoms with van der Waals surface area (Å²) in [5.41, 5.74) is 3.15. The molecule has 1 aromatic carbocycles. The largest absolute Gasteiger partial charge is 0.392 e. The first-order valence-corrected chi connectivity index (χ1v) is 7.24. The number of hydrogen-bond donors (Lipinski definition) is 2. The van der Waals surface area contributed by atoms with E-state index in [1.807, 2.05) is 32.0 Å². The first kappa shape index (κ1) is 15.5. The molecule has 2 unspecified atom stereocenters. The molecule has 0 bridgehead atoms. The van der Waals surface area contributed by atoms with Gasteiger partial charge in [-0.1, -0.05) is 6.07 Å². The summed E-state index contributed by atoms with van der Waals surface area (Å²) in [6.07, 6.45) is -0.0986. The lowest BCUT2D eigenvalue weighted by molar-refractivity contribution is -0.132. The zero-order valence-electron chi connectivity index (χ0n) is 12.7. The number of nitrogens with zero attached hydrogens (tertiary/aromatic N) is 1. The number of hydrogen-bond acceptors (Lipinski definition) is 3. The van der Waals surface area contributed by atoms with E-state index in [4.69, 9.17) is 0 Å². The van der Waals surface area contributed by atoms with Gasteiger partial charge < -0.3 is 15.3 Å². The van der Waals surface area contributed by atoms with Crippen LogP contribution in [0.15, 0.2) is 18.2 Å². The number of amides is 2. The lowest BCUT2D eigenvalue weighted by Crippen LogP contribution is -2.39. The third-order valence-corrected chi connectivity index (χ3v) is 3.90. The van der Waals surface area contributed by atoms with Crippen LogP contribution < -0.4 is 10.2 Å². The average molecular weight is 290 g/mol. The molecule has 0 aliphatic carbocycles. The van der Waals surface area contributed by atoms with E-state index in [1.54, 1.807) is 11.8 Å². The molecule has 21 heavy (non-hydrogen) atoms. The lowest BCUT2D eigenvalue weighted by Gasteiger charge is -2.18. The highest BCUT2D eigenvalue weighted by molar-refractivity contribution is 6.09. The molecule has 1 aromatic rings. The zero-order chi connectivity index (χ0) is 15.6. The fourth-order valence-corrected chi connectivity index (χ4v) is 2.44. The van der Waals surface area contributed by atoms with Gasteiger partial charge in [-0.15, -0.1) is 0 Å². The summed E-state index contributed by atoms with van der Waals surface area (Å²) in [5, 5.41) is 11.8. The number of carbonyl (C=O) groups excluding carboxylic acids is 2. The van der Waals surface area contributed by atoms with Crippen molar-refractivity contribution in [3.8, 4) is 0 Å². The van der Waals surface area contributed by atoms with Gasteiger partial charge in [0.05, 0.1) is 6.10 Å². The molecule has 0 spiro atoms. The van der Waals surface area contributed by atoms with Crippen LogP contribution in [-0.4, -0.2) is 36.1 Å². The van der Waals surface area contributed by atoms with E-state index < -0.39 is 12.0 Å². The van der Waals surface area contributed by atoms with E-state index in [1.165, 1.54) is 5.56 Å². The molecule has 0 radical (unpaired) electrons. The zero-order valence-corrected chi connectivity index (χ0v) is 12.7. The van der Waals surface area contributed by atoms with Crippen molar-refractivity contribution in [2.24, 2.45) is 5.92 Å². The number of anilines is 1. The van der Waals surface area contributed by atoms with Crippen LogP contribution in [0.2, 0.25) is 0 Å². The van der Waals surface area contributed by atoms with Crippen molar-refractivity contribution in [1.29, 1.82) is 0 Å². The molecule has 1 saturated heterocycles. The van der Waals surface area contributed by atoms with E-state index in [0.717, 1.165) is 11.3 Å². The number of rotatable bonds is 4. The third kappa shape index (κ3) is 3.42. The minimum Gasteiger partial charge on any atom is -0.392 e. The topological polar surface area (TPSA) is 69.6 Å². The van der Waals surface area contributed by atoms with Crippen LogP contribution in [0.25, 0.3) is 0 Å². The quantitative estimate of drug-likeness (QED) is 0.817. The van der Waals surface area contributed by atoms with Gasteiger partial charge in [0.25, 0.3) is 0 Å². The van der Waals surface area contributed by atoms with Gasteiger partial charge in [-0.25, -0.2) is 0 Å². The standard InChI is InChI=1S/C16H22N2O3/c1-10-4-5-13(8-11(10)2)18-7-6-14(16(18)21)15(20)17-9-12(3)19/h4-5,8,12,14,19H,6-7,9H2,1-3H3,(H,17,20). The highest BCUT2D eigenvalue weighted by atomic mass is 16.3. The normalized spacial score (nSPS) is 19.7. The predicted molar refractivity (Wildman–Crippen MR) is 81.1 cm³/mol. The Morgan fingerprint density at radius 1 is 1.43 bits per heavy atom. The maximum absolute atomic E-state index is 12.4. The fourth-order valence-electron chi connectivity index (χ4n) is 2.44. The van der Waals surface area contributed by atoms with Crippen molar-refractivity contribution >= 4 is 17.5 Å². The molecule has 2 amide bonds. The van der Waals surface area contributed by atoms with Gasteiger partial charge in [0, 0.05) is 18.8 Å². The minimum absolute atomic E-state index is 0.165. The van der Waals surface area contributed by atoms with Crippen LogP contribution >= 0.6 is 0 Å². The van der Waals surface area contributed by atoms with Gasteiger partial charge in [0.2, 0.25) is 11.8 Å². The van der Waals surface area contributed by atoms with E-state index in [9.17, 15) is 14.7 Å². The van der Waals surface area contributed by atoms with Crippen molar-refractivity contribution in [3.63, 3.8) is 0 Å². The summed E-state index contributed by atoms with van der Waals surface area (Å²) < 4.78 is 0. The minimum atomic E-state index is -0.648. The first-order valence-electron chi connectivity index (χ1n) is 7.24. The summed E-state index contributed by atoms with van der Waals surface area (Å²) in [6, 6.07) is 5.87. The second-order valence-electron chi connectivity index (χ2n) is 5.69. The monoisotopic (exact) mass is 290 g/mol. The highest BCUT2D eigenvalue weighted by Crippen LogP contribution is 2.27. The molecule has 2 rings (SSSR count). The summed E-state index contributed by atoms with van der Waals surface area (Å²) in [5.74, 6) is -1.11. The van der Waals surface area contributed by atoms with Crippen LogP contribution in [0.5, 0.6) is 0 Å². The average Bonchev–Trinajstić information content (AvgIpc) is 2.81. The fraction of sp³-hybridized carbons (Fsp3) is 0.500. The summed E-state index contributed by atoms with van der Waals surface area (Å²) >= 11 is 0. The Labute approximate surface area is 125 Å². The van der Waals surface area contributed by atoms with Crippen molar-refractivity contribution in [2.45, 2.75) is 33.3 Å². The summed E-state index contributed by atoms with van der Waals surface area (Å²) in [4.78, 5) is 26.0. The third-order valence-electron chi connectivity index (χ3n) is 3.90. The summed E-state index contributed by atoms with van der Waals surface area (Å²) in [6.45, 7) is 6.35. The lowest BCUT2D eigenvalue weighted by atomic mass is 10.1. The molecule has 1 aliphatic rings. The Morgan fingerprint density at radius 2 is 2.14 bits per heavy atom. The van der Waals surface area contributed by atoms with Crippen LogP contribution in [0.4, 0.5) is 5.69 Å². The van der Waals surface area contributed by atoms with E-state index in [2.05, 4.69) is 5.32 Å². The van der Waals surface area contributed by atoms with Crippen LogP contribution in [0.3, 0.4) is 0 Å². The van der Waals surface area contributed by atoms with Gasteiger partial charge in [-0.2, -0.15) is 0 Å². The predicted octanol–water partition coefficient (Wildman–Crippen LogP) is 1.15. The molecule has 1 heterocycles. The highest BCUT2D eigenvalue weighted by Gasteiger charge is 2.37. The number of carbonyl (C=O) groups is 2. The van der Waals surface area contributed by atoms with Crippen molar-refractivity contribution in [2.75, 3.05) is 18.0 Å². The van der Waals surface area contributed by atoms with Gasteiger partial charge in [0.1, 0.15) is 5.92 Å².